The minimum absolute atomic E-state index is 0.0511. The van der Waals surface area contributed by atoms with Gasteiger partial charge in [-0.15, -0.1) is 0 Å². The number of pyridine rings is 1. The Morgan fingerprint density at radius 3 is 2.68 bits per heavy atom. The number of halogens is 1. The fraction of sp³-hybridized carbons (Fsp3) is 0.100. The maximum absolute atomic E-state index is 12.3. The van der Waals surface area contributed by atoms with Crippen LogP contribution in [0.3, 0.4) is 0 Å². The third kappa shape index (κ3) is 4.03. The normalized spacial score (nSPS) is 11.5. The van der Waals surface area contributed by atoms with Crippen LogP contribution in [0.1, 0.15) is 23.0 Å². The highest BCUT2D eigenvalue weighted by atomic mass is 35.5. The van der Waals surface area contributed by atoms with Crippen molar-refractivity contribution >= 4 is 39.9 Å². The molecule has 1 amide bonds. The van der Waals surface area contributed by atoms with Gasteiger partial charge in [-0.05, 0) is 42.6 Å². The van der Waals surface area contributed by atoms with Gasteiger partial charge in [0.1, 0.15) is 11.8 Å². The van der Waals surface area contributed by atoms with Crippen LogP contribution in [0.25, 0.3) is 10.8 Å². The van der Waals surface area contributed by atoms with Gasteiger partial charge in [0.15, 0.2) is 6.10 Å². The summed E-state index contributed by atoms with van der Waals surface area (Å²) in [6.45, 7) is 1.40. The Morgan fingerprint density at radius 2 is 1.96 bits per heavy atom. The maximum Gasteiger partial charge on any atom is 0.355 e. The van der Waals surface area contributed by atoms with Crippen LogP contribution < -0.4 is 10.9 Å². The number of carbonyl (C=O) groups excluding carboxylic acids is 2. The molecule has 1 heterocycles. The van der Waals surface area contributed by atoms with Gasteiger partial charge in [0, 0.05) is 11.1 Å². The van der Waals surface area contributed by atoms with Crippen LogP contribution >= 0.6 is 11.6 Å². The van der Waals surface area contributed by atoms with E-state index >= 15 is 0 Å². The first-order valence-electron chi connectivity index (χ1n) is 8.22. The molecular weight excluding hydrogens is 382 g/mol. The number of nitrogens with one attached hydrogen (secondary N) is 2. The molecule has 3 aromatic rings. The molecule has 0 unspecified atom stereocenters. The van der Waals surface area contributed by atoms with Crippen molar-refractivity contribution in [3.63, 3.8) is 0 Å². The van der Waals surface area contributed by atoms with Gasteiger partial charge in [-0.3, -0.25) is 9.59 Å². The first-order chi connectivity index (χ1) is 13.4. The van der Waals surface area contributed by atoms with Crippen molar-refractivity contribution in [1.29, 1.82) is 5.26 Å². The molecule has 140 valence electrons. The number of ether oxygens (including phenoxy) is 1. The van der Waals surface area contributed by atoms with Crippen molar-refractivity contribution < 1.29 is 14.3 Å². The number of benzene rings is 2. The maximum atomic E-state index is 12.3. The van der Waals surface area contributed by atoms with Gasteiger partial charge in [0.05, 0.1) is 10.6 Å². The number of H-pyrrole nitrogens is 1. The van der Waals surface area contributed by atoms with Crippen molar-refractivity contribution in [2.45, 2.75) is 13.0 Å². The topological polar surface area (TPSA) is 112 Å². The molecule has 0 aliphatic rings. The van der Waals surface area contributed by atoms with E-state index in [1.807, 2.05) is 6.07 Å². The molecule has 2 aromatic carbocycles. The second-order valence-electron chi connectivity index (χ2n) is 5.94. The lowest BCUT2D eigenvalue weighted by atomic mass is 10.1. The van der Waals surface area contributed by atoms with Crippen molar-refractivity contribution in [3.05, 3.63) is 75.2 Å². The average Bonchev–Trinajstić information content (AvgIpc) is 2.68. The van der Waals surface area contributed by atoms with Crippen LogP contribution in [-0.2, 0) is 9.53 Å². The molecule has 0 aliphatic heterocycles. The number of rotatable bonds is 4. The van der Waals surface area contributed by atoms with Crippen LogP contribution in [0.4, 0.5) is 5.69 Å². The zero-order valence-corrected chi connectivity index (χ0v) is 15.4. The lowest BCUT2D eigenvalue weighted by molar-refractivity contribution is -0.123. The zero-order chi connectivity index (χ0) is 20.3. The van der Waals surface area contributed by atoms with Crippen LogP contribution in [-0.4, -0.2) is 23.0 Å². The van der Waals surface area contributed by atoms with Gasteiger partial charge >= 0.3 is 5.97 Å². The molecule has 0 fully saturated rings. The number of carbonyl (C=O) groups is 2. The van der Waals surface area contributed by atoms with E-state index in [1.165, 1.54) is 31.2 Å². The molecule has 8 heteroatoms. The Balaban J connectivity index is 1.72. The van der Waals surface area contributed by atoms with E-state index in [9.17, 15) is 14.4 Å². The number of hydrogen-bond acceptors (Lipinski definition) is 5. The molecular formula is C20H14ClN3O4. The molecule has 0 saturated carbocycles. The van der Waals surface area contributed by atoms with Crippen LogP contribution in [0, 0.1) is 11.3 Å². The van der Waals surface area contributed by atoms with Crippen LogP contribution in [0.5, 0.6) is 0 Å². The van der Waals surface area contributed by atoms with Gasteiger partial charge in [-0.2, -0.15) is 5.26 Å². The van der Waals surface area contributed by atoms with E-state index in [0.717, 1.165) is 0 Å². The van der Waals surface area contributed by atoms with E-state index in [1.54, 1.807) is 24.3 Å². The highest BCUT2D eigenvalue weighted by Crippen LogP contribution is 2.20. The minimum Gasteiger partial charge on any atom is -0.448 e. The Kier molecular flexibility index (Phi) is 5.43. The lowest BCUT2D eigenvalue weighted by Crippen LogP contribution is -2.30. The summed E-state index contributed by atoms with van der Waals surface area (Å²) in [4.78, 5) is 39.1. The molecule has 0 bridgehead atoms. The molecule has 3 rings (SSSR count). The molecule has 7 nitrogen and oxygen atoms in total. The number of hydrogen-bond donors (Lipinski definition) is 2. The Labute approximate surface area is 164 Å². The first-order valence-corrected chi connectivity index (χ1v) is 8.60. The average molecular weight is 396 g/mol. The predicted molar refractivity (Wildman–Crippen MR) is 104 cm³/mol. The number of anilines is 1. The smallest absolute Gasteiger partial charge is 0.355 e. The van der Waals surface area contributed by atoms with Crippen molar-refractivity contribution in [3.8, 4) is 6.07 Å². The van der Waals surface area contributed by atoms with Crippen molar-refractivity contribution in [1.82, 2.24) is 4.98 Å². The number of esters is 1. The predicted octanol–water partition coefficient (Wildman–Crippen LogP) is 3.24. The highest BCUT2D eigenvalue weighted by Gasteiger charge is 2.20. The molecule has 2 N–H and O–H groups in total. The third-order valence-electron chi connectivity index (χ3n) is 3.98. The Bertz CT molecular complexity index is 1180. The minimum atomic E-state index is -1.13. The number of aromatic nitrogens is 1. The summed E-state index contributed by atoms with van der Waals surface area (Å²) in [6, 6.07) is 14.6. The third-order valence-corrected chi connectivity index (χ3v) is 4.30. The van der Waals surface area contributed by atoms with Gasteiger partial charge in [-0.25, -0.2) is 4.79 Å². The molecule has 1 atom stereocenters. The summed E-state index contributed by atoms with van der Waals surface area (Å²) in [5, 5.41) is 12.6. The largest absolute Gasteiger partial charge is 0.448 e. The monoisotopic (exact) mass is 395 g/mol. The SMILES string of the molecule is C[C@@H](OC(=O)c1cc2ccccc2c(=O)[nH]1)C(=O)Nc1ccc(C#N)c(Cl)c1. The van der Waals surface area contributed by atoms with Crippen molar-refractivity contribution in [2.24, 2.45) is 0 Å². The highest BCUT2D eigenvalue weighted by molar-refractivity contribution is 6.32. The summed E-state index contributed by atoms with van der Waals surface area (Å²) in [6.07, 6.45) is -1.13. The zero-order valence-electron chi connectivity index (χ0n) is 14.7. The summed E-state index contributed by atoms with van der Waals surface area (Å²) in [5.41, 5.74) is 0.162. The summed E-state index contributed by atoms with van der Waals surface area (Å²) in [5.74, 6) is -1.42. The first kappa shape index (κ1) is 19.1. The van der Waals surface area contributed by atoms with E-state index in [-0.39, 0.29) is 16.3 Å². The van der Waals surface area contributed by atoms with Gasteiger partial charge in [-0.1, -0.05) is 29.8 Å². The van der Waals surface area contributed by atoms with Crippen LogP contribution in [0.2, 0.25) is 5.02 Å². The van der Waals surface area contributed by atoms with Gasteiger partial charge in [0.25, 0.3) is 11.5 Å². The number of nitriles is 1. The summed E-state index contributed by atoms with van der Waals surface area (Å²) < 4.78 is 5.14. The lowest BCUT2D eigenvalue weighted by Gasteiger charge is -2.14. The molecule has 0 spiro atoms. The molecule has 0 aliphatic carbocycles. The van der Waals surface area contributed by atoms with Gasteiger partial charge < -0.3 is 15.0 Å². The second kappa shape index (κ2) is 7.94. The summed E-state index contributed by atoms with van der Waals surface area (Å²) >= 11 is 5.93. The fourth-order valence-electron chi connectivity index (χ4n) is 2.53. The fourth-order valence-corrected chi connectivity index (χ4v) is 2.75. The molecule has 1 aromatic heterocycles. The molecule has 28 heavy (non-hydrogen) atoms. The standard InChI is InChI=1S/C20H14ClN3O4/c1-11(18(25)23-14-7-6-13(10-22)16(21)9-14)28-20(27)17-8-12-4-2-3-5-15(12)19(26)24-17/h2-9,11H,1H3,(H,23,25)(H,24,26)/t11-/m1/s1. The van der Waals surface area contributed by atoms with E-state index in [4.69, 9.17) is 21.6 Å². The van der Waals surface area contributed by atoms with E-state index in [2.05, 4.69) is 10.3 Å². The molecule has 0 saturated heterocycles. The molecule has 0 radical (unpaired) electrons. The second-order valence-corrected chi connectivity index (χ2v) is 6.35. The Hall–Kier alpha value is -3.63. The number of amides is 1. The van der Waals surface area contributed by atoms with Gasteiger partial charge in [0.2, 0.25) is 0 Å². The van der Waals surface area contributed by atoms with Crippen molar-refractivity contribution in [2.75, 3.05) is 5.32 Å². The van der Waals surface area contributed by atoms with Crippen LogP contribution in [0.15, 0.2) is 53.3 Å². The Morgan fingerprint density at radius 1 is 1.21 bits per heavy atom. The van der Waals surface area contributed by atoms with E-state index < -0.39 is 23.5 Å². The number of aromatic amines is 1. The number of nitrogens with zero attached hydrogens (tertiary/aromatic N) is 1. The number of fused-ring (bicyclic) bond motifs is 1. The van der Waals surface area contributed by atoms with E-state index in [0.29, 0.717) is 16.5 Å². The quantitative estimate of drug-likeness (QED) is 0.658. The summed E-state index contributed by atoms with van der Waals surface area (Å²) in [7, 11) is 0.